The molecule has 10 nitrogen and oxygen atoms in total. The van der Waals surface area contributed by atoms with Crippen LogP contribution in [0.3, 0.4) is 0 Å². The highest BCUT2D eigenvalue weighted by Gasteiger charge is 2.36. The number of fused-ring (bicyclic) bond motifs is 1. The maximum atomic E-state index is 12.7. The van der Waals surface area contributed by atoms with E-state index in [2.05, 4.69) is 21.3 Å². The first kappa shape index (κ1) is 20.7. The number of rotatable bonds is 0. The van der Waals surface area contributed by atoms with Crippen LogP contribution in [0, 0.1) is 11.3 Å². The van der Waals surface area contributed by atoms with E-state index in [4.69, 9.17) is 5.26 Å². The van der Waals surface area contributed by atoms with Crippen LogP contribution >= 0.6 is 0 Å². The Hall–Kier alpha value is -3.61. The van der Waals surface area contributed by atoms with E-state index >= 15 is 0 Å². The third-order valence-electron chi connectivity index (χ3n) is 4.23. The molecule has 0 radical (unpaired) electrons. The molecule has 1 heterocycles. The Bertz CT molecular complexity index is 900. The van der Waals surface area contributed by atoms with Crippen LogP contribution < -0.4 is 21.3 Å². The van der Waals surface area contributed by atoms with Gasteiger partial charge in [-0.1, -0.05) is 0 Å². The number of hydrogen-bond donors (Lipinski definition) is 4. The van der Waals surface area contributed by atoms with Crippen molar-refractivity contribution in [2.45, 2.75) is 38.8 Å². The van der Waals surface area contributed by atoms with Crippen LogP contribution in [0.1, 0.15) is 33.3 Å². The molecule has 1 aromatic rings. The molecule has 6 amide bonds. The number of urea groups is 2. The third kappa shape index (κ3) is 4.20. The largest absolute Gasteiger partial charge is 0.326 e. The van der Waals surface area contributed by atoms with E-state index in [0.717, 1.165) is 4.90 Å². The zero-order valence-electron chi connectivity index (χ0n) is 16.3. The average molecular weight is 386 g/mol. The second-order valence-corrected chi connectivity index (χ2v) is 7.45. The summed E-state index contributed by atoms with van der Waals surface area (Å²) in [5.41, 5.74) is -2.06. The van der Waals surface area contributed by atoms with Crippen molar-refractivity contribution in [3.63, 3.8) is 0 Å². The smallest absolute Gasteiger partial charge is 0.324 e. The highest BCUT2D eigenvalue weighted by molar-refractivity contribution is 6.08. The van der Waals surface area contributed by atoms with Gasteiger partial charge in [-0.05, 0) is 45.9 Å². The molecule has 2 rings (SSSR count). The van der Waals surface area contributed by atoms with Gasteiger partial charge >= 0.3 is 12.1 Å². The fourth-order valence-electron chi connectivity index (χ4n) is 2.29. The third-order valence-corrected chi connectivity index (χ3v) is 4.23. The van der Waals surface area contributed by atoms with Crippen molar-refractivity contribution in [2.75, 3.05) is 17.7 Å². The molecule has 10 heteroatoms. The molecule has 1 aliphatic heterocycles. The Morgan fingerprint density at radius 3 is 1.79 bits per heavy atom. The molecule has 0 spiro atoms. The van der Waals surface area contributed by atoms with Crippen LogP contribution in [0.5, 0.6) is 0 Å². The summed E-state index contributed by atoms with van der Waals surface area (Å²) >= 11 is 0. The Morgan fingerprint density at radius 1 is 0.857 bits per heavy atom. The Labute approximate surface area is 162 Å². The molecular weight excluding hydrogens is 364 g/mol. The lowest BCUT2D eigenvalue weighted by atomic mass is 10.0. The molecule has 0 atom stereocenters. The summed E-state index contributed by atoms with van der Waals surface area (Å²) in [7, 11) is 1.22. The number of benzene rings is 1. The van der Waals surface area contributed by atoms with Gasteiger partial charge in [0, 0.05) is 7.05 Å². The number of nitriles is 1. The van der Waals surface area contributed by atoms with E-state index < -0.39 is 35.0 Å². The van der Waals surface area contributed by atoms with Crippen LogP contribution in [0.25, 0.3) is 0 Å². The van der Waals surface area contributed by atoms with Gasteiger partial charge < -0.3 is 21.3 Å². The van der Waals surface area contributed by atoms with Gasteiger partial charge in [-0.25, -0.2) is 14.5 Å². The van der Waals surface area contributed by atoms with Crippen LogP contribution in [-0.2, 0) is 9.59 Å². The van der Waals surface area contributed by atoms with Gasteiger partial charge in [0.25, 0.3) is 0 Å². The maximum absolute atomic E-state index is 12.7. The normalized spacial score (nSPS) is 19.4. The summed E-state index contributed by atoms with van der Waals surface area (Å²) in [5, 5.41) is 19.3. The van der Waals surface area contributed by atoms with E-state index in [1.165, 1.54) is 52.9 Å². The quantitative estimate of drug-likeness (QED) is 0.532. The van der Waals surface area contributed by atoms with Crippen molar-refractivity contribution < 1.29 is 19.2 Å². The Balaban J connectivity index is 2.56. The van der Waals surface area contributed by atoms with Crippen LogP contribution in [0.2, 0.25) is 0 Å². The summed E-state index contributed by atoms with van der Waals surface area (Å²) in [6, 6.07) is 4.69. The summed E-state index contributed by atoms with van der Waals surface area (Å²) in [6.45, 7) is 5.86. The summed E-state index contributed by atoms with van der Waals surface area (Å²) in [4.78, 5) is 50.8. The number of anilines is 2. The van der Waals surface area contributed by atoms with Crippen molar-refractivity contribution in [3.05, 3.63) is 23.8 Å². The maximum Gasteiger partial charge on any atom is 0.326 e. The van der Waals surface area contributed by atoms with Crippen molar-refractivity contribution in [2.24, 2.45) is 0 Å². The van der Waals surface area contributed by atoms with Crippen LogP contribution in [0.15, 0.2) is 18.2 Å². The number of carbonyl (C=O) groups is 4. The van der Waals surface area contributed by atoms with Gasteiger partial charge in [-0.3, -0.25) is 9.59 Å². The minimum Gasteiger partial charge on any atom is -0.324 e. The number of amides is 6. The van der Waals surface area contributed by atoms with Gasteiger partial charge in [0.1, 0.15) is 11.1 Å². The fourth-order valence-corrected chi connectivity index (χ4v) is 2.29. The predicted molar refractivity (Wildman–Crippen MR) is 101 cm³/mol. The summed E-state index contributed by atoms with van der Waals surface area (Å²) < 4.78 is 0. The highest BCUT2D eigenvalue weighted by Crippen LogP contribution is 2.26. The van der Waals surface area contributed by atoms with E-state index in [1.54, 1.807) is 0 Å². The summed E-state index contributed by atoms with van der Waals surface area (Å²) in [5.74, 6) is -1.17. The van der Waals surface area contributed by atoms with Crippen molar-refractivity contribution in [3.8, 4) is 6.07 Å². The number of hydrogen-bond acceptors (Lipinski definition) is 5. The molecule has 1 aromatic carbocycles. The van der Waals surface area contributed by atoms with Gasteiger partial charge in [0.05, 0.1) is 23.0 Å². The molecule has 0 saturated heterocycles. The zero-order chi connectivity index (χ0) is 21.3. The minimum absolute atomic E-state index is 0.189. The predicted octanol–water partition coefficient (Wildman–Crippen LogP) is 1.36. The average Bonchev–Trinajstić information content (AvgIpc) is 2.60. The second-order valence-electron chi connectivity index (χ2n) is 7.45. The summed E-state index contributed by atoms with van der Waals surface area (Å²) in [6.07, 6.45) is 0. The molecule has 1 aliphatic rings. The molecule has 0 aromatic heterocycles. The monoisotopic (exact) mass is 386 g/mol. The van der Waals surface area contributed by atoms with Crippen molar-refractivity contribution in [1.29, 1.82) is 5.26 Å². The topological polar surface area (TPSA) is 143 Å². The number of carbonyl (C=O) groups excluding carboxylic acids is 4. The lowest BCUT2D eigenvalue weighted by Gasteiger charge is -2.29. The Kier molecular flexibility index (Phi) is 5.31. The van der Waals surface area contributed by atoms with Crippen LogP contribution in [0.4, 0.5) is 21.0 Å². The van der Waals surface area contributed by atoms with Crippen LogP contribution in [-0.4, -0.2) is 46.9 Å². The fraction of sp³-hybridized carbons (Fsp3) is 0.389. The lowest BCUT2D eigenvalue weighted by Crippen LogP contribution is -2.60. The van der Waals surface area contributed by atoms with Gasteiger partial charge in [-0.2, -0.15) is 5.26 Å². The van der Waals surface area contributed by atoms with Crippen molar-refractivity contribution in [1.82, 2.24) is 15.5 Å². The number of nitrogens with one attached hydrogen (secondary N) is 4. The molecule has 4 N–H and O–H groups in total. The number of imide groups is 1. The van der Waals surface area contributed by atoms with E-state index in [0.29, 0.717) is 0 Å². The molecule has 0 bridgehead atoms. The lowest BCUT2D eigenvalue weighted by molar-refractivity contribution is -0.121. The van der Waals surface area contributed by atoms with E-state index in [9.17, 15) is 19.2 Å². The SMILES string of the molecule is CN1C(=O)NC(C)(C)C(=O)Nc2ccc(C#N)cc2NC(=O)C(C)(C)NC1=O. The standard InChI is InChI=1S/C18H22N6O4/c1-17(2)13(25)20-11-7-6-10(9-19)8-12(11)21-14(26)18(3,4)23-16(28)24(5)15(27)22-17/h6-8H,1-5H3,(H,20,25)(H,21,26)(H,22,27)(H,23,28). The molecule has 148 valence electrons. The van der Waals surface area contributed by atoms with E-state index in [-0.39, 0.29) is 16.9 Å². The first-order valence-electron chi connectivity index (χ1n) is 8.42. The highest BCUT2D eigenvalue weighted by atomic mass is 16.2. The van der Waals surface area contributed by atoms with E-state index in [1.807, 2.05) is 6.07 Å². The molecule has 28 heavy (non-hydrogen) atoms. The molecule has 0 fully saturated rings. The molecule has 0 aliphatic carbocycles. The molecule has 0 saturated carbocycles. The molecular formula is C18H22N6O4. The number of nitrogens with zero attached hydrogens (tertiary/aromatic N) is 2. The Morgan fingerprint density at radius 2 is 1.32 bits per heavy atom. The zero-order valence-corrected chi connectivity index (χ0v) is 16.3. The first-order chi connectivity index (χ1) is 12.9. The minimum atomic E-state index is -1.39. The van der Waals surface area contributed by atoms with Crippen molar-refractivity contribution >= 4 is 35.3 Å². The second kappa shape index (κ2) is 7.19. The van der Waals surface area contributed by atoms with Gasteiger partial charge in [0.2, 0.25) is 11.8 Å². The van der Waals surface area contributed by atoms with Gasteiger partial charge in [-0.15, -0.1) is 0 Å². The van der Waals surface area contributed by atoms with Gasteiger partial charge in [0.15, 0.2) is 0 Å². The molecule has 0 unspecified atom stereocenters. The first-order valence-corrected chi connectivity index (χ1v) is 8.42.